The number of rotatable bonds is 3. The van der Waals surface area contributed by atoms with Gasteiger partial charge in [-0.25, -0.2) is 4.79 Å². The van der Waals surface area contributed by atoms with E-state index in [1.165, 1.54) is 0 Å². The minimum atomic E-state index is -0.982. The van der Waals surface area contributed by atoms with Crippen molar-refractivity contribution < 1.29 is 14.6 Å². The summed E-state index contributed by atoms with van der Waals surface area (Å²) in [6, 6.07) is 0. The van der Waals surface area contributed by atoms with Crippen molar-refractivity contribution in [3.8, 4) is 0 Å². The van der Waals surface area contributed by atoms with Crippen molar-refractivity contribution in [2.45, 2.75) is 38.7 Å². The van der Waals surface area contributed by atoms with Crippen LogP contribution in [0.15, 0.2) is 12.2 Å². The van der Waals surface area contributed by atoms with Crippen LogP contribution in [0.5, 0.6) is 0 Å². The molecule has 0 saturated carbocycles. The van der Waals surface area contributed by atoms with Crippen LogP contribution in [-0.2, 0) is 9.53 Å². The third-order valence-corrected chi connectivity index (χ3v) is 2.48. The Morgan fingerprint density at radius 2 is 2.43 bits per heavy atom. The molecule has 0 aromatic carbocycles. The number of aliphatic hydroxyl groups excluding tert-OH is 1. The Morgan fingerprint density at radius 3 is 3.14 bits per heavy atom. The van der Waals surface area contributed by atoms with Crippen molar-refractivity contribution in [1.82, 2.24) is 0 Å². The third kappa shape index (κ3) is 3.14. The van der Waals surface area contributed by atoms with Gasteiger partial charge in [-0.2, -0.15) is 0 Å². The molecule has 3 nitrogen and oxygen atoms in total. The SMILES string of the molecule is CCOC(=O)[C@@H](O)[C@H]1C=CCCCC1. The van der Waals surface area contributed by atoms with Crippen molar-refractivity contribution in [1.29, 1.82) is 0 Å². The van der Waals surface area contributed by atoms with Crippen LogP contribution in [0.1, 0.15) is 32.6 Å². The van der Waals surface area contributed by atoms with E-state index in [-0.39, 0.29) is 5.92 Å². The molecule has 0 aromatic rings. The van der Waals surface area contributed by atoms with Gasteiger partial charge in [-0.15, -0.1) is 0 Å². The van der Waals surface area contributed by atoms with Gasteiger partial charge in [0.15, 0.2) is 6.10 Å². The molecule has 1 rings (SSSR count). The van der Waals surface area contributed by atoms with Gasteiger partial charge in [0, 0.05) is 5.92 Å². The maximum absolute atomic E-state index is 11.2. The number of esters is 1. The lowest BCUT2D eigenvalue weighted by Crippen LogP contribution is -2.30. The van der Waals surface area contributed by atoms with Crippen molar-refractivity contribution in [2.24, 2.45) is 5.92 Å². The molecular formula is C11H18O3. The summed E-state index contributed by atoms with van der Waals surface area (Å²) in [5.41, 5.74) is 0. The molecule has 0 saturated heterocycles. The second-order valence-electron chi connectivity index (χ2n) is 3.57. The van der Waals surface area contributed by atoms with E-state index in [0.717, 1.165) is 25.7 Å². The summed E-state index contributed by atoms with van der Waals surface area (Å²) in [5.74, 6) is -0.555. The van der Waals surface area contributed by atoms with Gasteiger partial charge in [0.05, 0.1) is 6.61 Å². The topological polar surface area (TPSA) is 46.5 Å². The summed E-state index contributed by atoms with van der Waals surface area (Å²) in [4.78, 5) is 11.2. The fourth-order valence-corrected chi connectivity index (χ4v) is 1.68. The highest BCUT2D eigenvalue weighted by Gasteiger charge is 2.25. The highest BCUT2D eigenvalue weighted by atomic mass is 16.5. The molecule has 0 amide bonds. The Bertz CT molecular complexity index is 211. The average molecular weight is 198 g/mol. The summed E-state index contributed by atoms with van der Waals surface area (Å²) in [5, 5.41) is 9.67. The number of carbonyl (C=O) groups excluding carboxylic acids is 1. The van der Waals surface area contributed by atoms with E-state index in [1.54, 1.807) is 6.92 Å². The first kappa shape index (κ1) is 11.2. The van der Waals surface area contributed by atoms with Crippen LogP contribution < -0.4 is 0 Å². The number of ether oxygens (including phenoxy) is 1. The number of hydrogen-bond acceptors (Lipinski definition) is 3. The van der Waals surface area contributed by atoms with Gasteiger partial charge in [-0.1, -0.05) is 18.6 Å². The molecule has 2 atom stereocenters. The molecule has 0 radical (unpaired) electrons. The van der Waals surface area contributed by atoms with Crippen molar-refractivity contribution in [3.63, 3.8) is 0 Å². The minimum absolute atomic E-state index is 0.0588. The van der Waals surface area contributed by atoms with E-state index in [1.807, 2.05) is 12.2 Å². The fraction of sp³-hybridized carbons (Fsp3) is 0.727. The average Bonchev–Trinajstić information content (AvgIpc) is 2.45. The normalized spacial score (nSPS) is 24.0. The van der Waals surface area contributed by atoms with E-state index < -0.39 is 12.1 Å². The van der Waals surface area contributed by atoms with E-state index in [9.17, 15) is 9.90 Å². The predicted octanol–water partition coefficient (Wildman–Crippen LogP) is 1.66. The summed E-state index contributed by atoms with van der Waals surface area (Å²) in [7, 11) is 0. The third-order valence-electron chi connectivity index (χ3n) is 2.48. The van der Waals surface area contributed by atoms with Gasteiger partial charge in [-0.05, 0) is 26.2 Å². The second-order valence-corrected chi connectivity index (χ2v) is 3.57. The zero-order valence-electron chi connectivity index (χ0n) is 8.61. The van der Waals surface area contributed by atoms with E-state index in [2.05, 4.69) is 0 Å². The number of allylic oxidation sites excluding steroid dienone is 1. The first-order valence-corrected chi connectivity index (χ1v) is 5.27. The van der Waals surface area contributed by atoms with Gasteiger partial charge in [0.1, 0.15) is 0 Å². The fourth-order valence-electron chi connectivity index (χ4n) is 1.68. The van der Waals surface area contributed by atoms with Gasteiger partial charge in [0.2, 0.25) is 0 Å². The first-order chi connectivity index (χ1) is 6.75. The van der Waals surface area contributed by atoms with Crippen LogP contribution >= 0.6 is 0 Å². The lowest BCUT2D eigenvalue weighted by molar-refractivity contribution is -0.155. The number of aliphatic hydroxyl groups is 1. The van der Waals surface area contributed by atoms with Crippen LogP contribution in [0.4, 0.5) is 0 Å². The minimum Gasteiger partial charge on any atom is -0.464 e. The van der Waals surface area contributed by atoms with Gasteiger partial charge >= 0.3 is 5.97 Å². The quantitative estimate of drug-likeness (QED) is 0.554. The number of carbonyl (C=O) groups is 1. The highest BCUT2D eigenvalue weighted by Crippen LogP contribution is 2.20. The van der Waals surface area contributed by atoms with Crippen molar-refractivity contribution >= 4 is 5.97 Å². The molecule has 0 unspecified atom stereocenters. The number of hydrogen-bond donors (Lipinski definition) is 1. The largest absolute Gasteiger partial charge is 0.464 e. The maximum atomic E-state index is 11.2. The standard InChI is InChI=1S/C11H18O3/c1-2-14-11(13)10(12)9-7-5-3-4-6-8-9/h5,7,9-10,12H,2-4,6,8H2,1H3/t9-,10-/m0/s1. The molecule has 0 spiro atoms. The Hall–Kier alpha value is -0.830. The van der Waals surface area contributed by atoms with Crippen LogP contribution in [-0.4, -0.2) is 23.8 Å². The monoisotopic (exact) mass is 198 g/mol. The maximum Gasteiger partial charge on any atom is 0.335 e. The summed E-state index contributed by atoms with van der Waals surface area (Å²) in [6.45, 7) is 2.07. The molecule has 1 N–H and O–H groups in total. The van der Waals surface area contributed by atoms with Gasteiger partial charge < -0.3 is 9.84 Å². The molecule has 1 aliphatic carbocycles. The predicted molar refractivity (Wildman–Crippen MR) is 53.7 cm³/mol. The molecular weight excluding hydrogens is 180 g/mol. The van der Waals surface area contributed by atoms with E-state index in [4.69, 9.17) is 4.74 Å². The molecule has 14 heavy (non-hydrogen) atoms. The molecule has 0 aliphatic heterocycles. The van der Waals surface area contributed by atoms with Crippen molar-refractivity contribution in [2.75, 3.05) is 6.61 Å². The highest BCUT2D eigenvalue weighted by molar-refractivity contribution is 5.75. The summed E-state index contributed by atoms with van der Waals surface area (Å²) in [6.07, 6.45) is 7.12. The Labute approximate surface area is 84.8 Å². The summed E-state index contributed by atoms with van der Waals surface area (Å²) < 4.78 is 4.77. The summed E-state index contributed by atoms with van der Waals surface area (Å²) >= 11 is 0. The van der Waals surface area contributed by atoms with Crippen LogP contribution in [0.25, 0.3) is 0 Å². The van der Waals surface area contributed by atoms with Crippen molar-refractivity contribution in [3.05, 3.63) is 12.2 Å². The smallest absolute Gasteiger partial charge is 0.335 e. The van der Waals surface area contributed by atoms with Crippen LogP contribution in [0, 0.1) is 5.92 Å². The molecule has 1 aliphatic rings. The lowest BCUT2D eigenvalue weighted by Gasteiger charge is -2.16. The molecule has 0 heterocycles. The van der Waals surface area contributed by atoms with Crippen LogP contribution in [0.2, 0.25) is 0 Å². The van der Waals surface area contributed by atoms with E-state index in [0.29, 0.717) is 6.61 Å². The van der Waals surface area contributed by atoms with Gasteiger partial charge in [-0.3, -0.25) is 0 Å². The Morgan fingerprint density at radius 1 is 1.64 bits per heavy atom. The zero-order chi connectivity index (χ0) is 10.4. The Balaban J connectivity index is 2.48. The zero-order valence-corrected chi connectivity index (χ0v) is 8.61. The Kier molecular flexibility index (Phi) is 4.66. The molecule has 0 fully saturated rings. The molecule has 3 heteroatoms. The lowest BCUT2D eigenvalue weighted by atomic mass is 9.97. The molecule has 0 bridgehead atoms. The first-order valence-electron chi connectivity index (χ1n) is 5.27. The second kappa shape index (κ2) is 5.81. The molecule has 0 aromatic heterocycles. The molecule has 80 valence electrons. The van der Waals surface area contributed by atoms with Crippen LogP contribution in [0.3, 0.4) is 0 Å². The van der Waals surface area contributed by atoms with E-state index >= 15 is 0 Å². The van der Waals surface area contributed by atoms with Gasteiger partial charge in [0.25, 0.3) is 0 Å².